The molecule has 5 aromatic carbocycles. The van der Waals surface area contributed by atoms with Crippen molar-refractivity contribution in [3.63, 3.8) is 0 Å². The summed E-state index contributed by atoms with van der Waals surface area (Å²) in [4.78, 5) is 7.04. The van der Waals surface area contributed by atoms with Gasteiger partial charge in [0.2, 0.25) is 0 Å². The summed E-state index contributed by atoms with van der Waals surface area (Å²) in [7, 11) is 0. The third-order valence-corrected chi connectivity index (χ3v) is 9.61. The van der Waals surface area contributed by atoms with Crippen molar-refractivity contribution in [1.82, 2.24) is 4.98 Å². The van der Waals surface area contributed by atoms with Gasteiger partial charge in [0.05, 0.1) is 10.2 Å². The third-order valence-electron chi connectivity index (χ3n) is 8.53. The second kappa shape index (κ2) is 9.79. The predicted octanol–water partition coefficient (Wildman–Crippen LogP) is 9.93. The molecular weight excluding hydrogens is 524 g/mol. The Morgan fingerprint density at radius 1 is 0.659 bits per heavy atom. The molecule has 0 unspecified atom stereocenters. The van der Waals surface area contributed by atoms with Gasteiger partial charge in [-0.15, -0.1) is 11.3 Å². The highest BCUT2D eigenvalue weighted by Crippen LogP contribution is 2.55. The lowest BCUT2D eigenvalue weighted by Gasteiger charge is -2.32. The van der Waals surface area contributed by atoms with Crippen LogP contribution in [0.4, 0.5) is 17.1 Å². The summed E-state index contributed by atoms with van der Waals surface area (Å²) in [6.07, 6.45) is 1.93. The number of phenolic OH excluding ortho intramolecular Hbond substituents is 2. The Bertz CT molecular complexity index is 1840. The van der Waals surface area contributed by atoms with Crippen LogP contribution < -0.4 is 4.90 Å². The number of aromatic nitrogens is 1. The van der Waals surface area contributed by atoms with Crippen molar-refractivity contribution in [3.8, 4) is 33.2 Å². The molecule has 0 aliphatic heterocycles. The predicted molar refractivity (Wildman–Crippen MR) is 170 cm³/mol. The maximum atomic E-state index is 10.3. The molecule has 1 aromatic heterocycles. The van der Waals surface area contributed by atoms with Crippen LogP contribution in [-0.4, -0.2) is 15.2 Å². The number of aromatic hydroxyl groups is 2. The molecule has 6 aromatic rings. The van der Waals surface area contributed by atoms with Gasteiger partial charge in [0.25, 0.3) is 0 Å². The van der Waals surface area contributed by atoms with Crippen molar-refractivity contribution in [2.45, 2.75) is 32.1 Å². The largest absolute Gasteiger partial charge is 0.508 e. The first-order valence-corrected chi connectivity index (χ1v) is 14.9. The molecular formula is C36H30N2O2S. The van der Waals surface area contributed by atoms with E-state index in [9.17, 15) is 10.2 Å². The van der Waals surface area contributed by atoms with E-state index in [1.165, 1.54) is 27.0 Å². The second-order valence-corrected chi connectivity index (χ2v) is 11.7. The number of hydrogen-bond donors (Lipinski definition) is 2. The summed E-state index contributed by atoms with van der Waals surface area (Å²) in [6, 6.07) is 36.3. The fourth-order valence-electron chi connectivity index (χ4n) is 6.47. The minimum Gasteiger partial charge on any atom is -0.508 e. The van der Waals surface area contributed by atoms with Gasteiger partial charge in [0.15, 0.2) is 0 Å². The molecule has 0 bridgehead atoms. The SMILES string of the molecule is CCC1(CC)c2cc(-c3nc4ccccc4s3)ccc2-c2ccc(N(c3cccc(O)c3)c3cccc(O)c3)cc21. The zero-order valence-electron chi connectivity index (χ0n) is 23.0. The monoisotopic (exact) mass is 554 g/mol. The Balaban J connectivity index is 1.39. The molecule has 202 valence electrons. The fraction of sp³-hybridized carbons (Fsp3) is 0.139. The van der Waals surface area contributed by atoms with Crippen LogP contribution in [0.15, 0.2) is 109 Å². The van der Waals surface area contributed by atoms with E-state index in [0.717, 1.165) is 46.0 Å². The molecule has 0 saturated heterocycles. The molecule has 7 rings (SSSR count). The van der Waals surface area contributed by atoms with Gasteiger partial charge in [-0.1, -0.05) is 56.3 Å². The first-order chi connectivity index (χ1) is 20.0. The minimum atomic E-state index is -0.142. The van der Waals surface area contributed by atoms with Crippen molar-refractivity contribution in [2.75, 3.05) is 4.90 Å². The highest BCUT2D eigenvalue weighted by Gasteiger charge is 2.41. The zero-order valence-corrected chi connectivity index (χ0v) is 23.8. The van der Waals surface area contributed by atoms with Gasteiger partial charge in [-0.3, -0.25) is 0 Å². The van der Waals surface area contributed by atoms with E-state index in [4.69, 9.17) is 4.98 Å². The molecule has 1 aliphatic carbocycles. The lowest BCUT2D eigenvalue weighted by atomic mass is 9.73. The number of benzene rings is 5. The summed E-state index contributed by atoms with van der Waals surface area (Å²) >= 11 is 1.74. The van der Waals surface area contributed by atoms with E-state index in [-0.39, 0.29) is 16.9 Å². The van der Waals surface area contributed by atoms with Crippen LogP contribution in [-0.2, 0) is 5.41 Å². The number of fused-ring (bicyclic) bond motifs is 4. The molecule has 5 heteroatoms. The van der Waals surface area contributed by atoms with Gasteiger partial charge >= 0.3 is 0 Å². The molecule has 1 aliphatic rings. The van der Waals surface area contributed by atoms with Crippen molar-refractivity contribution in [1.29, 1.82) is 0 Å². The average Bonchev–Trinajstić information content (AvgIpc) is 3.54. The fourth-order valence-corrected chi connectivity index (χ4v) is 7.44. The summed E-state index contributed by atoms with van der Waals surface area (Å²) in [5.41, 5.74) is 9.88. The maximum Gasteiger partial charge on any atom is 0.124 e. The second-order valence-electron chi connectivity index (χ2n) is 10.6. The number of hydrogen-bond acceptors (Lipinski definition) is 5. The van der Waals surface area contributed by atoms with Crippen LogP contribution in [0.5, 0.6) is 11.5 Å². The summed E-state index contributed by atoms with van der Waals surface area (Å²) in [5.74, 6) is 0.389. The van der Waals surface area contributed by atoms with Crippen molar-refractivity contribution in [3.05, 3.63) is 120 Å². The summed E-state index contributed by atoms with van der Waals surface area (Å²) < 4.78 is 1.20. The maximum absolute atomic E-state index is 10.3. The van der Waals surface area contributed by atoms with E-state index in [2.05, 4.69) is 73.3 Å². The smallest absolute Gasteiger partial charge is 0.124 e. The third kappa shape index (κ3) is 4.08. The molecule has 0 amide bonds. The van der Waals surface area contributed by atoms with Crippen LogP contribution in [0.25, 0.3) is 31.9 Å². The molecule has 0 atom stereocenters. The Morgan fingerprint density at radius 3 is 1.90 bits per heavy atom. The van der Waals surface area contributed by atoms with E-state index in [1.54, 1.807) is 35.6 Å². The topological polar surface area (TPSA) is 56.6 Å². The Hall–Kier alpha value is -4.61. The summed E-state index contributed by atoms with van der Waals surface area (Å²) in [5, 5.41) is 21.7. The van der Waals surface area contributed by atoms with E-state index < -0.39 is 0 Å². The Morgan fingerprint density at radius 2 is 1.27 bits per heavy atom. The molecule has 0 saturated carbocycles. The minimum absolute atomic E-state index is 0.142. The van der Waals surface area contributed by atoms with Gasteiger partial charge in [-0.05, 0) is 89.7 Å². The van der Waals surface area contributed by atoms with E-state index in [0.29, 0.717) is 0 Å². The normalized spacial score (nSPS) is 13.2. The lowest BCUT2D eigenvalue weighted by Crippen LogP contribution is -2.23. The van der Waals surface area contributed by atoms with Gasteiger partial charge in [0, 0.05) is 40.2 Å². The lowest BCUT2D eigenvalue weighted by molar-refractivity contribution is 0.475. The van der Waals surface area contributed by atoms with Crippen LogP contribution in [0.1, 0.15) is 37.8 Å². The Labute approximate surface area is 243 Å². The number of anilines is 3. The van der Waals surface area contributed by atoms with Crippen molar-refractivity contribution in [2.24, 2.45) is 0 Å². The molecule has 0 spiro atoms. The summed E-state index contributed by atoms with van der Waals surface area (Å²) in [6.45, 7) is 4.56. The number of phenols is 2. The van der Waals surface area contributed by atoms with Crippen LogP contribution in [0.2, 0.25) is 0 Å². The standard InChI is InChI=1S/C36H30N2O2S/c1-3-36(4-2)31-19-23(35-37-33-13-5-6-14-34(33)41-35)15-17-29(31)30-18-16-26(22-32(30)36)38(24-9-7-11-27(39)20-24)25-10-8-12-28(40)21-25/h5-22,39-40H,3-4H2,1-2H3. The van der Waals surface area contributed by atoms with Crippen LogP contribution in [0, 0.1) is 0 Å². The highest BCUT2D eigenvalue weighted by atomic mass is 32.1. The molecule has 0 radical (unpaired) electrons. The Kier molecular flexibility index (Phi) is 6.06. The quantitative estimate of drug-likeness (QED) is 0.215. The van der Waals surface area contributed by atoms with E-state index >= 15 is 0 Å². The van der Waals surface area contributed by atoms with Gasteiger partial charge in [0.1, 0.15) is 16.5 Å². The molecule has 1 heterocycles. The van der Waals surface area contributed by atoms with Gasteiger partial charge in [-0.2, -0.15) is 0 Å². The number of thiazole rings is 1. The first-order valence-electron chi connectivity index (χ1n) is 14.0. The van der Waals surface area contributed by atoms with Gasteiger partial charge in [-0.25, -0.2) is 4.98 Å². The number of para-hydroxylation sites is 1. The molecule has 2 N–H and O–H groups in total. The average molecular weight is 555 g/mol. The molecule has 41 heavy (non-hydrogen) atoms. The molecule has 0 fully saturated rings. The zero-order chi connectivity index (χ0) is 28.1. The number of nitrogens with zero attached hydrogens (tertiary/aromatic N) is 2. The van der Waals surface area contributed by atoms with Crippen LogP contribution in [0.3, 0.4) is 0 Å². The van der Waals surface area contributed by atoms with Crippen molar-refractivity contribution >= 4 is 38.6 Å². The van der Waals surface area contributed by atoms with E-state index in [1.807, 2.05) is 30.3 Å². The van der Waals surface area contributed by atoms with Gasteiger partial charge < -0.3 is 15.1 Å². The molecule has 4 nitrogen and oxygen atoms in total. The first kappa shape index (κ1) is 25.4. The number of rotatable bonds is 6. The van der Waals surface area contributed by atoms with Crippen molar-refractivity contribution < 1.29 is 10.2 Å². The highest BCUT2D eigenvalue weighted by molar-refractivity contribution is 7.21. The van der Waals surface area contributed by atoms with Crippen LogP contribution >= 0.6 is 11.3 Å².